The molecule has 6 nitrogen and oxygen atoms in total. The zero-order chi connectivity index (χ0) is 19.7. The van der Waals surface area contributed by atoms with Crippen LogP contribution in [-0.2, 0) is 9.63 Å². The van der Waals surface area contributed by atoms with Gasteiger partial charge < -0.3 is 14.7 Å². The third-order valence-corrected chi connectivity index (χ3v) is 4.78. The average molecular weight is 378 g/mol. The Balaban J connectivity index is 1.40. The summed E-state index contributed by atoms with van der Waals surface area (Å²) in [5, 5.41) is 6.77. The minimum atomic E-state index is -0.739. The van der Waals surface area contributed by atoms with E-state index < -0.39 is 6.10 Å². The molecule has 1 unspecified atom stereocenters. The predicted molar refractivity (Wildman–Crippen MR) is 104 cm³/mol. The van der Waals surface area contributed by atoms with E-state index in [9.17, 15) is 9.18 Å². The Hall–Kier alpha value is -3.48. The Labute approximate surface area is 161 Å². The second-order valence-corrected chi connectivity index (χ2v) is 6.67. The fourth-order valence-electron chi connectivity index (χ4n) is 3.04. The number of halogens is 1. The molecule has 0 spiro atoms. The van der Waals surface area contributed by atoms with Crippen LogP contribution in [0.5, 0.6) is 0 Å². The number of hydrogen-bond donors (Lipinski definition) is 1. The van der Waals surface area contributed by atoms with Crippen molar-refractivity contribution < 1.29 is 14.0 Å². The highest BCUT2D eigenvalue weighted by Gasteiger charge is 2.29. The predicted octanol–water partition coefficient (Wildman–Crippen LogP) is 3.76. The van der Waals surface area contributed by atoms with Gasteiger partial charge in [0.05, 0.1) is 17.7 Å². The van der Waals surface area contributed by atoms with Gasteiger partial charge in [0, 0.05) is 29.1 Å². The van der Waals surface area contributed by atoms with Gasteiger partial charge in [-0.25, -0.2) is 9.37 Å². The fourth-order valence-corrected chi connectivity index (χ4v) is 3.04. The van der Waals surface area contributed by atoms with Gasteiger partial charge >= 0.3 is 0 Å². The van der Waals surface area contributed by atoms with Crippen molar-refractivity contribution in [2.75, 3.05) is 5.32 Å². The number of amides is 1. The lowest BCUT2D eigenvalue weighted by Gasteiger charge is -2.11. The lowest BCUT2D eigenvalue weighted by Crippen LogP contribution is -2.28. The number of benzene rings is 2. The van der Waals surface area contributed by atoms with Gasteiger partial charge in [0.25, 0.3) is 5.91 Å². The maximum absolute atomic E-state index is 13.4. The van der Waals surface area contributed by atoms with Crippen LogP contribution >= 0.6 is 0 Å². The fraction of sp³-hybridized carbons (Fsp3) is 0.190. The van der Waals surface area contributed by atoms with Crippen molar-refractivity contribution in [2.24, 2.45) is 5.16 Å². The second kappa shape index (κ2) is 7.26. The molecule has 0 bridgehead atoms. The number of aromatic nitrogens is 2. The lowest BCUT2D eigenvalue weighted by molar-refractivity contribution is -0.125. The summed E-state index contributed by atoms with van der Waals surface area (Å²) in [6, 6.07) is 13.6. The van der Waals surface area contributed by atoms with Gasteiger partial charge in [0.15, 0.2) is 0 Å². The Morgan fingerprint density at radius 3 is 2.68 bits per heavy atom. The van der Waals surface area contributed by atoms with E-state index in [-0.39, 0.29) is 11.7 Å². The molecule has 1 aromatic heterocycles. The first-order valence-corrected chi connectivity index (χ1v) is 8.92. The molecule has 7 heteroatoms. The number of aryl methyl sites for hydroxylation is 1. The van der Waals surface area contributed by atoms with E-state index in [1.165, 1.54) is 12.1 Å². The maximum Gasteiger partial charge on any atom is 0.268 e. The van der Waals surface area contributed by atoms with Gasteiger partial charge in [-0.2, -0.15) is 0 Å². The SMILES string of the molecule is Cc1ncn(-c2ccc(NC(=O)C3CC(c4cccc(F)c4)=NO3)cc2)c1C. The minimum Gasteiger partial charge on any atom is -0.382 e. The van der Waals surface area contributed by atoms with Crippen molar-refractivity contribution in [3.8, 4) is 5.69 Å². The number of anilines is 1. The molecular formula is C21H19FN4O2. The zero-order valence-corrected chi connectivity index (χ0v) is 15.5. The van der Waals surface area contributed by atoms with E-state index in [0.717, 1.165) is 17.1 Å². The van der Waals surface area contributed by atoms with Crippen LogP contribution in [-0.4, -0.2) is 27.3 Å². The third-order valence-electron chi connectivity index (χ3n) is 4.78. The highest BCUT2D eigenvalue weighted by atomic mass is 19.1. The normalized spacial score (nSPS) is 15.8. The number of oxime groups is 1. The minimum absolute atomic E-state index is 0.293. The summed E-state index contributed by atoms with van der Waals surface area (Å²) in [4.78, 5) is 22.0. The first kappa shape index (κ1) is 17.9. The first-order valence-electron chi connectivity index (χ1n) is 8.92. The number of nitrogens with zero attached hydrogens (tertiary/aromatic N) is 3. The van der Waals surface area contributed by atoms with E-state index in [0.29, 0.717) is 23.4 Å². The second-order valence-electron chi connectivity index (χ2n) is 6.67. The lowest BCUT2D eigenvalue weighted by atomic mass is 10.0. The molecule has 4 rings (SSSR count). The summed E-state index contributed by atoms with van der Waals surface area (Å²) >= 11 is 0. The highest BCUT2D eigenvalue weighted by molar-refractivity contribution is 6.06. The number of carbonyl (C=O) groups is 1. The van der Waals surface area contributed by atoms with Gasteiger partial charge in [-0.05, 0) is 50.2 Å². The van der Waals surface area contributed by atoms with Crippen LogP contribution in [0.3, 0.4) is 0 Å². The highest BCUT2D eigenvalue weighted by Crippen LogP contribution is 2.20. The zero-order valence-electron chi connectivity index (χ0n) is 15.5. The summed E-state index contributed by atoms with van der Waals surface area (Å²) in [6.07, 6.45) is 1.33. The largest absolute Gasteiger partial charge is 0.382 e. The Morgan fingerprint density at radius 2 is 2.00 bits per heavy atom. The van der Waals surface area contributed by atoms with E-state index >= 15 is 0 Å². The van der Waals surface area contributed by atoms with Crippen LogP contribution in [0.15, 0.2) is 60.0 Å². The molecule has 1 N–H and O–H groups in total. The van der Waals surface area contributed by atoms with Crippen molar-refractivity contribution in [1.82, 2.24) is 9.55 Å². The summed E-state index contributed by atoms with van der Waals surface area (Å²) in [5.74, 6) is -0.644. The van der Waals surface area contributed by atoms with E-state index in [1.54, 1.807) is 18.5 Å². The van der Waals surface area contributed by atoms with Crippen molar-refractivity contribution in [1.29, 1.82) is 0 Å². The topological polar surface area (TPSA) is 68.5 Å². The number of carbonyl (C=O) groups excluding carboxylic acids is 1. The average Bonchev–Trinajstić information content (AvgIpc) is 3.31. The monoisotopic (exact) mass is 378 g/mol. The van der Waals surface area contributed by atoms with Crippen LogP contribution in [0, 0.1) is 19.7 Å². The first-order chi connectivity index (χ1) is 13.5. The quantitative estimate of drug-likeness (QED) is 0.752. The van der Waals surface area contributed by atoms with E-state index in [2.05, 4.69) is 15.5 Å². The van der Waals surface area contributed by atoms with Crippen molar-refractivity contribution in [3.05, 3.63) is 77.6 Å². The molecule has 1 atom stereocenters. The van der Waals surface area contributed by atoms with Crippen LogP contribution in [0.1, 0.15) is 23.4 Å². The molecule has 1 amide bonds. The van der Waals surface area contributed by atoms with Gasteiger partial charge in [0.1, 0.15) is 5.82 Å². The molecule has 0 fully saturated rings. The van der Waals surface area contributed by atoms with Gasteiger partial charge in [-0.1, -0.05) is 17.3 Å². The molecule has 0 saturated heterocycles. The molecule has 142 valence electrons. The number of imidazole rings is 1. The third kappa shape index (κ3) is 3.51. The van der Waals surface area contributed by atoms with E-state index in [4.69, 9.17) is 4.84 Å². The smallest absolute Gasteiger partial charge is 0.268 e. The summed E-state index contributed by atoms with van der Waals surface area (Å²) < 4.78 is 15.4. The molecule has 28 heavy (non-hydrogen) atoms. The Kier molecular flexibility index (Phi) is 4.65. The van der Waals surface area contributed by atoms with Gasteiger partial charge in [-0.15, -0.1) is 0 Å². The number of nitrogens with one attached hydrogen (secondary N) is 1. The number of rotatable bonds is 4. The molecule has 1 aliphatic rings. The molecule has 3 aromatic rings. The van der Waals surface area contributed by atoms with Crippen LogP contribution < -0.4 is 5.32 Å². The van der Waals surface area contributed by atoms with Crippen LogP contribution in [0.4, 0.5) is 10.1 Å². The van der Waals surface area contributed by atoms with Gasteiger partial charge in [-0.3, -0.25) is 4.79 Å². The standard InChI is InChI=1S/C21H19FN4O2/c1-13-14(2)26(12-23-13)18-8-6-17(7-9-18)24-21(27)20-11-19(25-28-20)15-4-3-5-16(22)10-15/h3-10,12,20H,11H2,1-2H3,(H,24,27). The summed E-state index contributed by atoms with van der Waals surface area (Å²) in [6.45, 7) is 3.97. The van der Waals surface area contributed by atoms with Crippen LogP contribution in [0.2, 0.25) is 0 Å². The molecule has 2 heterocycles. The molecule has 2 aromatic carbocycles. The Morgan fingerprint density at radius 1 is 1.21 bits per heavy atom. The van der Waals surface area contributed by atoms with Crippen LogP contribution in [0.25, 0.3) is 5.69 Å². The van der Waals surface area contributed by atoms with Crippen molar-refractivity contribution in [2.45, 2.75) is 26.4 Å². The molecule has 0 saturated carbocycles. The molecule has 0 aliphatic carbocycles. The number of hydrogen-bond acceptors (Lipinski definition) is 4. The maximum atomic E-state index is 13.4. The van der Waals surface area contributed by atoms with Crippen molar-refractivity contribution in [3.63, 3.8) is 0 Å². The van der Waals surface area contributed by atoms with Crippen molar-refractivity contribution >= 4 is 17.3 Å². The summed E-state index contributed by atoms with van der Waals surface area (Å²) in [5.41, 5.74) is 4.84. The van der Waals surface area contributed by atoms with E-state index in [1.807, 2.05) is 42.7 Å². The molecular weight excluding hydrogens is 359 g/mol. The van der Waals surface area contributed by atoms with Gasteiger partial charge in [0.2, 0.25) is 6.10 Å². The Bertz CT molecular complexity index is 1060. The molecule has 1 aliphatic heterocycles. The summed E-state index contributed by atoms with van der Waals surface area (Å²) in [7, 11) is 0. The molecule has 0 radical (unpaired) electrons.